The highest BCUT2D eigenvalue weighted by molar-refractivity contribution is 7.21. The van der Waals surface area contributed by atoms with Crippen LogP contribution in [0.1, 0.15) is 16.6 Å². The number of hydrogen-bond acceptors (Lipinski definition) is 6. The molecule has 4 aromatic rings. The predicted octanol–water partition coefficient (Wildman–Crippen LogP) is 5.40. The van der Waals surface area contributed by atoms with Crippen molar-refractivity contribution in [3.8, 4) is 28.1 Å². The number of hydrogen-bond donors (Lipinski definition) is 1. The predicted molar refractivity (Wildman–Crippen MR) is 117 cm³/mol. The van der Waals surface area contributed by atoms with Gasteiger partial charge in [0.05, 0.1) is 25.1 Å². The second kappa shape index (κ2) is 7.93. The number of ether oxygens (including phenoxy) is 2. The van der Waals surface area contributed by atoms with Crippen LogP contribution in [0.2, 0.25) is 0 Å². The molecule has 0 unspecified atom stereocenters. The molecule has 0 saturated carbocycles. The van der Waals surface area contributed by atoms with E-state index in [2.05, 4.69) is 0 Å². The Labute approximate surface area is 172 Å². The van der Waals surface area contributed by atoms with Crippen molar-refractivity contribution in [2.75, 3.05) is 19.5 Å². The molecular weight excluding hydrogens is 384 g/mol. The lowest BCUT2D eigenvalue weighted by Gasteiger charge is -2.09. The molecule has 0 saturated heterocycles. The highest BCUT2D eigenvalue weighted by Gasteiger charge is 2.22. The molecule has 29 heavy (non-hydrogen) atoms. The van der Waals surface area contributed by atoms with E-state index < -0.39 is 5.97 Å². The summed E-state index contributed by atoms with van der Waals surface area (Å²) in [7, 11) is 1.63. The third kappa shape index (κ3) is 3.54. The van der Waals surface area contributed by atoms with E-state index in [0.717, 1.165) is 33.5 Å². The monoisotopic (exact) mass is 404 g/mol. The number of carbonyl (C=O) groups is 1. The summed E-state index contributed by atoms with van der Waals surface area (Å²) in [5.74, 6) is 0.350. The van der Waals surface area contributed by atoms with Gasteiger partial charge in [0.25, 0.3) is 0 Å². The summed E-state index contributed by atoms with van der Waals surface area (Å²) in [6.07, 6.45) is 0. The van der Waals surface area contributed by atoms with Crippen molar-refractivity contribution < 1.29 is 14.3 Å². The fourth-order valence-corrected chi connectivity index (χ4v) is 4.24. The van der Waals surface area contributed by atoms with Crippen LogP contribution in [0, 0.1) is 0 Å². The molecule has 0 amide bonds. The summed E-state index contributed by atoms with van der Waals surface area (Å²) in [6, 6.07) is 19.7. The molecule has 146 valence electrons. The third-order valence-corrected chi connectivity index (χ3v) is 5.71. The Balaban J connectivity index is 1.98. The number of rotatable bonds is 5. The number of thiophene rings is 1. The Morgan fingerprint density at radius 3 is 2.45 bits per heavy atom. The van der Waals surface area contributed by atoms with Gasteiger partial charge in [-0.25, -0.2) is 9.78 Å². The molecule has 0 atom stereocenters. The van der Waals surface area contributed by atoms with Crippen LogP contribution in [0.25, 0.3) is 32.6 Å². The minimum atomic E-state index is -0.421. The van der Waals surface area contributed by atoms with Crippen molar-refractivity contribution in [2.45, 2.75) is 6.92 Å². The maximum absolute atomic E-state index is 12.4. The zero-order valence-corrected chi connectivity index (χ0v) is 17.0. The van der Waals surface area contributed by atoms with Gasteiger partial charge in [-0.05, 0) is 36.2 Å². The number of nitrogen functional groups attached to an aromatic ring is 1. The number of nitrogens with two attached hydrogens (primary N) is 1. The van der Waals surface area contributed by atoms with Gasteiger partial charge in [0.2, 0.25) is 0 Å². The molecule has 5 nitrogen and oxygen atoms in total. The molecule has 4 rings (SSSR count). The number of nitrogens with zero attached hydrogens (tertiary/aromatic N) is 1. The number of carbonyl (C=O) groups excluding carboxylic acids is 1. The first-order valence-corrected chi connectivity index (χ1v) is 10.0. The fourth-order valence-electron chi connectivity index (χ4n) is 3.22. The van der Waals surface area contributed by atoms with Crippen LogP contribution in [0.4, 0.5) is 5.69 Å². The van der Waals surface area contributed by atoms with Crippen LogP contribution in [-0.2, 0) is 4.74 Å². The summed E-state index contributed by atoms with van der Waals surface area (Å²) < 4.78 is 10.5. The van der Waals surface area contributed by atoms with E-state index in [1.807, 2.05) is 60.7 Å². The summed E-state index contributed by atoms with van der Waals surface area (Å²) in [4.78, 5) is 18.3. The molecule has 0 bridgehead atoms. The van der Waals surface area contributed by atoms with Crippen LogP contribution in [0.3, 0.4) is 0 Å². The number of methoxy groups -OCH3 is 1. The van der Waals surface area contributed by atoms with E-state index in [9.17, 15) is 4.79 Å². The van der Waals surface area contributed by atoms with E-state index in [0.29, 0.717) is 22.0 Å². The van der Waals surface area contributed by atoms with Crippen molar-refractivity contribution in [3.05, 3.63) is 65.5 Å². The molecule has 2 N–H and O–H groups in total. The summed E-state index contributed by atoms with van der Waals surface area (Å²) >= 11 is 1.26. The van der Waals surface area contributed by atoms with Crippen molar-refractivity contribution in [1.29, 1.82) is 0 Å². The zero-order chi connectivity index (χ0) is 20.4. The van der Waals surface area contributed by atoms with Crippen LogP contribution < -0.4 is 10.5 Å². The van der Waals surface area contributed by atoms with Crippen molar-refractivity contribution in [2.24, 2.45) is 0 Å². The lowest BCUT2D eigenvalue weighted by atomic mass is 9.99. The minimum absolute atomic E-state index is 0.292. The Kier molecular flexibility index (Phi) is 5.18. The number of anilines is 1. The summed E-state index contributed by atoms with van der Waals surface area (Å²) in [5.41, 5.74) is 10.5. The molecule has 0 fully saturated rings. The van der Waals surface area contributed by atoms with E-state index in [1.165, 1.54) is 11.3 Å². The summed E-state index contributed by atoms with van der Waals surface area (Å²) in [5, 5.41) is 0.767. The molecular formula is C23H20N2O3S. The average molecular weight is 404 g/mol. The highest BCUT2D eigenvalue weighted by atomic mass is 32.1. The van der Waals surface area contributed by atoms with Gasteiger partial charge in [0, 0.05) is 10.9 Å². The second-order valence-electron chi connectivity index (χ2n) is 6.40. The minimum Gasteiger partial charge on any atom is -0.497 e. The SMILES string of the molecule is CCOC(=O)c1sc2nc(-c3ccccc3)cc(-c3ccc(OC)cc3)c2c1N. The van der Waals surface area contributed by atoms with Gasteiger partial charge >= 0.3 is 5.97 Å². The molecule has 2 aromatic heterocycles. The molecule has 6 heteroatoms. The first-order chi connectivity index (χ1) is 14.1. The molecule has 0 aliphatic carbocycles. The van der Waals surface area contributed by atoms with Crippen LogP contribution in [-0.4, -0.2) is 24.7 Å². The number of esters is 1. The van der Waals surface area contributed by atoms with Crippen LogP contribution >= 0.6 is 11.3 Å². The second-order valence-corrected chi connectivity index (χ2v) is 7.39. The van der Waals surface area contributed by atoms with Crippen LogP contribution in [0.15, 0.2) is 60.7 Å². The van der Waals surface area contributed by atoms with E-state index in [1.54, 1.807) is 14.0 Å². The molecule has 0 spiro atoms. The Morgan fingerprint density at radius 1 is 1.07 bits per heavy atom. The fraction of sp³-hybridized carbons (Fsp3) is 0.130. The number of fused-ring (bicyclic) bond motifs is 1. The van der Waals surface area contributed by atoms with Gasteiger partial charge in [-0.3, -0.25) is 0 Å². The third-order valence-electron chi connectivity index (χ3n) is 4.63. The quantitative estimate of drug-likeness (QED) is 0.451. The van der Waals surface area contributed by atoms with Gasteiger partial charge < -0.3 is 15.2 Å². The first-order valence-electron chi connectivity index (χ1n) is 9.22. The first kappa shape index (κ1) is 19.0. The molecule has 2 aromatic carbocycles. The molecule has 2 heterocycles. The van der Waals surface area contributed by atoms with Crippen molar-refractivity contribution in [1.82, 2.24) is 4.98 Å². The number of aromatic nitrogens is 1. The van der Waals surface area contributed by atoms with Crippen molar-refractivity contribution in [3.63, 3.8) is 0 Å². The molecule has 0 aliphatic heterocycles. The van der Waals surface area contributed by atoms with Gasteiger partial charge in [-0.15, -0.1) is 11.3 Å². The number of benzene rings is 2. The standard InChI is InChI=1S/C23H20N2O3S/c1-3-28-23(26)21-20(24)19-17(14-9-11-16(27-2)12-10-14)13-18(25-22(19)29-21)15-7-5-4-6-8-15/h4-13H,3,24H2,1-2H3. The lowest BCUT2D eigenvalue weighted by molar-refractivity contribution is 0.0533. The van der Waals surface area contributed by atoms with E-state index in [4.69, 9.17) is 20.2 Å². The van der Waals surface area contributed by atoms with Gasteiger partial charge in [-0.1, -0.05) is 42.5 Å². The van der Waals surface area contributed by atoms with Crippen LogP contribution in [0.5, 0.6) is 5.75 Å². The zero-order valence-electron chi connectivity index (χ0n) is 16.1. The molecule has 0 aliphatic rings. The Bertz CT molecular complexity index is 1170. The van der Waals surface area contributed by atoms with Gasteiger partial charge in [-0.2, -0.15) is 0 Å². The van der Waals surface area contributed by atoms with Gasteiger partial charge in [0.15, 0.2) is 0 Å². The summed E-state index contributed by atoms with van der Waals surface area (Å²) in [6.45, 7) is 2.07. The van der Waals surface area contributed by atoms with E-state index in [-0.39, 0.29) is 0 Å². The normalized spacial score (nSPS) is 10.8. The maximum Gasteiger partial charge on any atom is 0.350 e. The Morgan fingerprint density at radius 2 is 1.79 bits per heavy atom. The average Bonchev–Trinajstić information content (AvgIpc) is 3.10. The van der Waals surface area contributed by atoms with Crippen molar-refractivity contribution >= 4 is 33.2 Å². The number of pyridine rings is 1. The van der Waals surface area contributed by atoms with Gasteiger partial charge in [0.1, 0.15) is 15.5 Å². The largest absolute Gasteiger partial charge is 0.497 e. The molecule has 0 radical (unpaired) electrons. The maximum atomic E-state index is 12.4. The topological polar surface area (TPSA) is 74.4 Å². The van der Waals surface area contributed by atoms with E-state index >= 15 is 0 Å². The smallest absolute Gasteiger partial charge is 0.350 e. The lowest BCUT2D eigenvalue weighted by Crippen LogP contribution is -2.04. The Hall–Kier alpha value is -3.38. The highest BCUT2D eigenvalue weighted by Crippen LogP contribution is 2.41.